The molecular formula is C11H19N3O3. The Morgan fingerprint density at radius 2 is 2.18 bits per heavy atom. The molecule has 0 spiro atoms. The highest BCUT2D eigenvalue weighted by atomic mass is 16.5. The molecule has 1 aliphatic heterocycles. The molecule has 2 N–H and O–H groups in total. The first-order valence-corrected chi connectivity index (χ1v) is 6.02. The number of nitrogens with zero attached hydrogens (tertiary/aromatic N) is 2. The molecule has 1 saturated heterocycles. The summed E-state index contributed by atoms with van der Waals surface area (Å²) < 4.78 is 15.8. The monoisotopic (exact) mass is 241 g/mol. The SMILES string of the molecule is CCCOCc1noc(C2(N)CCOCC2)n1. The Morgan fingerprint density at radius 3 is 2.88 bits per heavy atom. The highest BCUT2D eigenvalue weighted by molar-refractivity contribution is 5.03. The Hall–Kier alpha value is -0.980. The van der Waals surface area contributed by atoms with Gasteiger partial charge in [0.2, 0.25) is 5.89 Å². The topological polar surface area (TPSA) is 83.4 Å². The highest BCUT2D eigenvalue weighted by Gasteiger charge is 2.35. The summed E-state index contributed by atoms with van der Waals surface area (Å²) in [6.45, 7) is 4.41. The van der Waals surface area contributed by atoms with Crippen LogP contribution < -0.4 is 5.73 Å². The van der Waals surface area contributed by atoms with Gasteiger partial charge in [-0.1, -0.05) is 12.1 Å². The Balaban J connectivity index is 1.96. The molecule has 0 bridgehead atoms. The van der Waals surface area contributed by atoms with E-state index in [1.807, 2.05) is 0 Å². The molecule has 1 aromatic heterocycles. The van der Waals surface area contributed by atoms with Gasteiger partial charge in [-0.2, -0.15) is 4.98 Å². The summed E-state index contributed by atoms with van der Waals surface area (Å²) >= 11 is 0. The van der Waals surface area contributed by atoms with Crippen molar-refractivity contribution in [3.63, 3.8) is 0 Å². The molecule has 2 rings (SSSR count). The molecule has 0 atom stereocenters. The molecule has 0 radical (unpaired) electrons. The molecule has 0 unspecified atom stereocenters. The predicted octanol–water partition coefficient (Wildman–Crippen LogP) is 0.961. The lowest BCUT2D eigenvalue weighted by atomic mass is 9.91. The number of ether oxygens (including phenoxy) is 2. The molecule has 0 aromatic carbocycles. The van der Waals surface area contributed by atoms with E-state index in [2.05, 4.69) is 17.1 Å². The fourth-order valence-corrected chi connectivity index (χ4v) is 1.77. The third-order valence-corrected chi connectivity index (χ3v) is 2.86. The van der Waals surface area contributed by atoms with Gasteiger partial charge in [0, 0.05) is 19.8 Å². The molecular weight excluding hydrogens is 222 g/mol. The summed E-state index contributed by atoms with van der Waals surface area (Å²) in [7, 11) is 0. The summed E-state index contributed by atoms with van der Waals surface area (Å²) in [5, 5.41) is 3.88. The third kappa shape index (κ3) is 3.02. The third-order valence-electron chi connectivity index (χ3n) is 2.86. The molecule has 6 nitrogen and oxygen atoms in total. The Bertz CT molecular complexity index is 347. The van der Waals surface area contributed by atoms with Crippen LogP contribution >= 0.6 is 0 Å². The van der Waals surface area contributed by atoms with Crippen molar-refractivity contribution in [3.8, 4) is 0 Å². The summed E-state index contributed by atoms with van der Waals surface area (Å²) in [5.74, 6) is 1.06. The lowest BCUT2D eigenvalue weighted by molar-refractivity contribution is 0.0400. The molecule has 2 heterocycles. The van der Waals surface area contributed by atoms with Crippen LogP contribution in [-0.2, 0) is 21.6 Å². The molecule has 0 saturated carbocycles. The summed E-state index contributed by atoms with van der Waals surface area (Å²) in [5.41, 5.74) is 5.70. The number of aromatic nitrogens is 2. The quantitative estimate of drug-likeness (QED) is 0.773. The molecule has 96 valence electrons. The van der Waals surface area contributed by atoms with Crippen molar-refractivity contribution in [1.29, 1.82) is 0 Å². The molecule has 1 fully saturated rings. The van der Waals surface area contributed by atoms with Crippen LogP contribution in [0.4, 0.5) is 0 Å². The zero-order valence-electron chi connectivity index (χ0n) is 10.1. The Labute approximate surface area is 100 Å². The first-order valence-electron chi connectivity index (χ1n) is 6.02. The van der Waals surface area contributed by atoms with Gasteiger partial charge in [0.05, 0.1) is 0 Å². The first kappa shape index (κ1) is 12.5. The van der Waals surface area contributed by atoms with Gasteiger partial charge in [0.25, 0.3) is 0 Å². The first-order chi connectivity index (χ1) is 8.24. The normalized spacial score (nSPS) is 19.4. The number of hydrogen-bond acceptors (Lipinski definition) is 6. The van der Waals surface area contributed by atoms with E-state index in [4.69, 9.17) is 19.7 Å². The van der Waals surface area contributed by atoms with Crippen LogP contribution in [0.3, 0.4) is 0 Å². The molecule has 1 aliphatic rings. The van der Waals surface area contributed by atoms with Crippen molar-refractivity contribution < 1.29 is 14.0 Å². The second kappa shape index (κ2) is 5.57. The Kier molecular flexibility index (Phi) is 4.09. The highest BCUT2D eigenvalue weighted by Crippen LogP contribution is 2.27. The van der Waals surface area contributed by atoms with E-state index in [1.165, 1.54) is 0 Å². The van der Waals surface area contributed by atoms with E-state index in [9.17, 15) is 0 Å². The van der Waals surface area contributed by atoms with E-state index >= 15 is 0 Å². The number of rotatable bonds is 5. The van der Waals surface area contributed by atoms with Gasteiger partial charge in [0.1, 0.15) is 12.1 Å². The fraction of sp³-hybridized carbons (Fsp3) is 0.818. The van der Waals surface area contributed by atoms with E-state index < -0.39 is 5.54 Å². The maximum atomic E-state index is 6.23. The minimum atomic E-state index is -0.533. The smallest absolute Gasteiger partial charge is 0.246 e. The average Bonchev–Trinajstić information content (AvgIpc) is 2.80. The minimum Gasteiger partial charge on any atom is -0.381 e. The average molecular weight is 241 g/mol. The van der Waals surface area contributed by atoms with Crippen molar-refractivity contribution >= 4 is 0 Å². The van der Waals surface area contributed by atoms with Crippen molar-refractivity contribution in [2.75, 3.05) is 19.8 Å². The van der Waals surface area contributed by atoms with E-state index in [0.29, 0.717) is 51.0 Å². The molecule has 0 amide bonds. The van der Waals surface area contributed by atoms with Crippen LogP contribution in [-0.4, -0.2) is 30.0 Å². The van der Waals surface area contributed by atoms with Crippen molar-refractivity contribution in [2.24, 2.45) is 5.73 Å². The van der Waals surface area contributed by atoms with Crippen LogP contribution in [0.25, 0.3) is 0 Å². The maximum Gasteiger partial charge on any atom is 0.246 e. The standard InChI is InChI=1S/C11H19N3O3/c1-2-5-16-8-9-13-10(17-14-9)11(12)3-6-15-7-4-11/h2-8,12H2,1H3. The zero-order chi connectivity index (χ0) is 12.1. The second-order valence-corrected chi connectivity index (χ2v) is 4.34. The van der Waals surface area contributed by atoms with Gasteiger partial charge < -0.3 is 19.7 Å². The molecule has 0 aliphatic carbocycles. The fourth-order valence-electron chi connectivity index (χ4n) is 1.77. The van der Waals surface area contributed by atoms with Crippen LogP contribution in [0, 0.1) is 0 Å². The number of hydrogen-bond donors (Lipinski definition) is 1. The zero-order valence-corrected chi connectivity index (χ0v) is 10.1. The summed E-state index contributed by atoms with van der Waals surface area (Å²) in [4.78, 5) is 4.29. The van der Waals surface area contributed by atoms with Gasteiger partial charge >= 0.3 is 0 Å². The van der Waals surface area contributed by atoms with Crippen molar-refractivity contribution in [2.45, 2.75) is 38.3 Å². The minimum absolute atomic E-state index is 0.379. The lowest BCUT2D eigenvalue weighted by Crippen LogP contribution is -2.42. The summed E-state index contributed by atoms with van der Waals surface area (Å²) in [6.07, 6.45) is 2.40. The van der Waals surface area contributed by atoms with Crippen LogP contribution in [0.15, 0.2) is 4.52 Å². The second-order valence-electron chi connectivity index (χ2n) is 4.34. The maximum absolute atomic E-state index is 6.23. The largest absolute Gasteiger partial charge is 0.381 e. The van der Waals surface area contributed by atoms with Crippen LogP contribution in [0.1, 0.15) is 37.9 Å². The summed E-state index contributed by atoms with van der Waals surface area (Å²) in [6, 6.07) is 0. The molecule has 1 aromatic rings. The van der Waals surface area contributed by atoms with Gasteiger partial charge in [-0.05, 0) is 19.3 Å². The molecule has 17 heavy (non-hydrogen) atoms. The van der Waals surface area contributed by atoms with Crippen molar-refractivity contribution in [3.05, 3.63) is 11.7 Å². The number of nitrogens with two attached hydrogens (primary N) is 1. The van der Waals surface area contributed by atoms with E-state index in [1.54, 1.807) is 0 Å². The lowest BCUT2D eigenvalue weighted by Gasteiger charge is -2.29. The van der Waals surface area contributed by atoms with E-state index in [0.717, 1.165) is 6.42 Å². The Morgan fingerprint density at radius 1 is 1.41 bits per heavy atom. The van der Waals surface area contributed by atoms with Gasteiger partial charge in [-0.25, -0.2) is 0 Å². The molecule has 6 heteroatoms. The van der Waals surface area contributed by atoms with Crippen LogP contribution in [0.5, 0.6) is 0 Å². The van der Waals surface area contributed by atoms with Gasteiger partial charge in [0.15, 0.2) is 5.82 Å². The van der Waals surface area contributed by atoms with Crippen molar-refractivity contribution in [1.82, 2.24) is 10.1 Å². The van der Waals surface area contributed by atoms with Gasteiger partial charge in [-0.3, -0.25) is 0 Å². The predicted molar refractivity (Wildman–Crippen MR) is 60.2 cm³/mol. The van der Waals surface area contributed by atoms with E-state index in [-0.39, 0.29) is 0 Å². The van der Waals surface area contributed by atoms with Gasteiger partial charge in [-0.15, -0.1) is 0 Å². The van der Waals surface area contributed by atoms with Crippen LogP contribution in [0.2, 0.25) is 0 Å².